The number of aromatic nitrogens is 3. The summed E-state index contributed by atoms with van der Waals surface area (Å²) in [6.07, 6.45) is 2.80. The summed E-state index contributed by atoms with van der Waals surface area (Å²) >= 11 is 0. The summed E-state index contributed by atoms with van der Waals surface area (Å²) < 4.78 is 18.9. The van der Waals surface area contributed by atoms with Crippen molar-refractivity contribution < 1.29 is 8.81 Å². The maximum absolute atomic E-state index is 13.7. The first-order chi connectivity index (χ1) is 13.3. The third-order valence-corrected chi connectivity index (χ3v) is 3.88. The topological polar surface area (TPSA) is 91.1 Å². The van der Waals surface area contributed by atoms with E-state index in [0.29, 0.717) is 49.0 Å². The van der Waals surface area contributed by atoms with Crippen molar-refractivity contribution in [3.05, 3.63) is 59.9 Å². The van der Waals surface area contributed by atoms with Gasteiger partial charge in [0.05, 0.1) is 6.26 Å². The summed E-state index contributed by atoms with van der Waals surface area (Å²) in [7, 11) is 0. The Labute approximate surface area is 157 Å². The van der Waals surface area contributed by atoms with Gasteiger partial charge in [0.2, 0.25) is 5.82 Å². The second-order valence-electron chi connectivity index (χ2n) is 5.86. The molecule has 0 aliphatic carbocycles. The molecule has 2 aromatic heterocycles. The van der Waals surface area contributed by atoms with E-state index in [4.69, 9.17) is 4.42 Å². The average molecular weight is 370 g/mol. The molecule has 27 heavy (non-hydrogen) atoms. The molecule has 1 aromatic carbocycles. The van der Waals surface area contributed by atoms with E-state index in [1.165, 1.54) is 6.07 Å². The minimum absolute atomic E-state index is 0.182. The van der Waals surface area contributed by atoms with E-state index in [1.807, 2.05) is 19.1 Å². The van der Waals surface area contributed by atoms with Gasteiger partial charge in [-0.25, -0.2) is 9.37 Å². The number of aliphatic imine (C=N–C) groups is 1. The Morgan fingerprint density at radius 1 is 1.19 bits per heavy atom. The molecule has 3 N–H and O–H groups in total. The van der Waals surface area contributed by atoms with Crippen molar-refractivity contribution in [3.8, 4) is 11.6 Å². The highest BCUT2D eigenvalue weighted by molar-refractivity contribution is 5.79. The number of rotatable bonds is 8. The van der Waals surface area contributed by atoms with E-state index in [0.717, 1.165) is 12.4 Å². The zero-order valence-corrected chi connectivity index (χ0v) is 15.2. The number of hydrogen-bond acceptors (Lipinski definition) is 4. The van der Waals surface area contributed by atoms with Crippen LogP contribution in [-0.4, -0.2) is 40.8 Å². The number of nitrogens with zero attached hydrogens (tertiary/aromatic N) is 3. The molecule has 142 valence electrons. The average Bonchev–Trinajstić information content (AvgIpc) is 3.35. The van der Waals surface area contributed by atoms with Crippen LogP contribution in [0.3, 0.4) is 0 Å². The Hall–Kier alpha value is -3.16. The second kappa shape index (κ2) is 9.51. The summed E-state index contributed by atoms with van der Waals surface area (Å²) in [6, 6.07) is 10.4. The van der Waals surface area contributed by atoms with Gasteiger partial charge in [0, 0.05) is 26.1 Å². The number of benzene rings is 1. The highest BCUT2D eigenvalue weighted by Crippen LogP contribution is 2.14. The molecule has 8 heteroatoms. The zero-order valence-electron chi connectivity index (χ0n) is 15.2. The lowest BCUT2D eigenvalue weighted by Gasteiger charge is -2.11. The Balaban J connectivity index is 1.49. The first-order valence-electron chi connectivity index (χ1n) is 8.97. The largest absolute Gasteiger partial charge is 0.461 e. The predicted octanol–water partition coefficient (Wildman–Crippen LogP) is 2.54. The molecule has 0 atom stereocenters. The highest BCUT2D eigenvalue weighted by Gasteiger charge is 2.08. The maximum Gasteiger partial charge on any atom is 0.216 e. The van der Waals surface area contributed by atoms with E-state index in [1.54, 1.807) is 24.5 Å². The van der Waals surface area contributed by atoms with Gasteiger partial charge in [-0.05, 0) is 37.1 Å². The molecule has 2 heterocycles. The Bertz CT molecular complexity index is 859. The van der Waals surface area contributed by atoms with Crippen molar-refractivity contribution in [1.82, 2.24) is 25.8 Å². The quantitative estimate of drug-likeness (QED) is 0.419. The smallest absolute Gasteiger partial charge is 0.216 e. The van der Waals surface area contributed by atoms with Crippen LogP contribution in [0.4, 0.5) is 4.39 Å². The Morgan fingerprint density at radius 3 is 2.85 bits per heavy atom. The van der Waals surface area contributed by atoms with Crippen LogP contribution >= 0.6 is 0 Å². The number of H-pyrrole nitrogens is 1. The van der Waals surface area contributed by atoms with Crippen LogP contribution in [0.25, 0.3) is 11.6 Å². The molecule has 0 radical (unpaired) electrons. The van der Waals surface area contributed by atoms with Gasteiger partial charge in [-0.1, -0.05) is 18.2 Å². The minimum atomic E-state index is -0.182. The van der Waals surface area contributed by atoms with Gasteiger partial charge in [0.1, 0.15) is 11.6 Å². The van der Waals surface area contributed by atoms with Crippen molar-refractivity contribution in [2.24, 2.45) is 4.99 Å². The molecule has 0 unspecified atom stereocenters. The number of guanidine groups is 1. The van der Waals surface area contributed by atoms with Crippen LogP contribution in [-0.2, 0) is 12.8 Å². The molecule has 0 bridgehead atoms. The summed E-state index contributed by atoms with van der Waals surface area (Å²) in [5, 5.41) is 13.4. The molecule has 0 aliphatic rings. The van der Waals surface area contributed by atoms with Crippen molar-refractivity contribution >= 4 is 5.96 Å². The Kier molecular flexibility index (Phi) is 6.56. The van der Waals surface area contributed by atoms with Crippen LogP contribution in [0.15, 0.2) is 52.1 Å². The lowest BCUT2D eigenvalue weighted by molar-refractivity contribution is 0.577. The van der Waals surface area contributed by atoms with Gasteiger partial charge in [-0.15, -0.1) is 0 Å². The van der Waals surface area contributed by atoms with Crippen molar-refractivity contribution in [1.29, 1.82) is 0 Å². The molecular weight excluding hydrogens is 347 g/mol. The standard InChI is InChI=1S/C19H23FN6O/c1-2-21-19(22-11-9-14-6-3-4-7-15(14)20)23-12-10-17-24-18(26-25-17)16-8-5-13-27-16/h3-8,13H,2,9-12H2,1H3,(H2,21,22,23)(H,24,25,26). The van der Waals surface area contributed by atoms with Crippen LogP contribution < -0.4 is 10.6 Å². The number of halogens is 1. The number of furan rings is 1. The molecule has 0 saturated heterocycles. The summed E-state index contributed by atoms with van der Waals surface area (Å²) in [6.45, 7) is 3.89. The van der Waals surface area contributed by atoms with Crippen molar-refractivity contribution in [2.75, 3.05) is 19.6 Å². The monoisotopic (exact) mass is 370 g/mol. The number of nitrogens with one attached hydrogen (secondary N) is 3. The summed E-state index contributed by atoms with van der Waals surface area (Å²) in [5.41, 5.74) is 0.688. The third kappa shape index (κ3) is 5.40. The van der Waals surface area contributed by atoms with Crippen LogP contribution in [0, 0.1) is 5.82 Å². The number of hydrogen-bond donors (Lipinski definition) is 3. The third-order valence-electron chi connectivity index (χ3n) is 3.88. The van der Waals surface area contributed by atoms with E-state index >= 15 is 0 Å². The summed E-state index contributed by atoms with van der Waals surface area (Å²) in [4.78, 5) is 8.92. The SMILES string of the molecule is CCNC(=NCCc1nc(-c2ccco2)n[nH]1)NCCc1ccccc1F. The fourth-order valence-electron chi connectivity index (χ4n) is 2.56. The van der Waals surface area contributed by atoms with Gasteiger partial charge in [0.15, 0.2) is 11.7 Å². The molecule has 0 spiro atoms. The van der Waals surface area contributed by atoms with E-state index in [9.17, 15) is 4.39 Å². The minimum Gasteiger partial charge on any atom is -0.461 e. The number of aromatic amines is 1. The van der Waals surface area contributed by atoms with Gasteiger partial charge in [-0.2, -0.15) is 5.10 Å². The van der Waals surface area contributed by atoms with Crippen LogP contribution in [0.2, 0.25) is 0 Å². The first kappa shape index (κ1) is 18.6. The lowest BCUT2D eigenvalue weighted by atomic mass is 10.1. The summed E-state index contributed by atoms with van der Waals surface area (Å²) in [5.74, 6) is 2.42. The predicted molar refractivity (Wildman–Crippen MR) is 102 cm³/mol. The van der Waals surface area contributed by atoms with Gasteiger partial charge in [-0.3, -0.25) is 10.1 Å². The molecule has 0 amide bonds. The Morgan fingerprint density at radius 2 is 2.07 bits per heavy atom. The van der Waals surface area contributed by atoms with Crippen molar-refractivity contribution in [3.63, 3.8) is 0 Å². The fraction of sp³-hybridized carbons (Fsp3) is 0.316. The second-order valence-corrected chi connectivity index (χ2v) is 5.86. The fourth-order valence-corrected chi connectivity index (χ4v) is 2.56. The molecular formula is C19H23FN6O. The van der Waals surface area contributed by atoms with Crippen LogP contribution in [0.1, 0.15) is 18.3 Å². The van der Waals surface area contributed by atoms with E-state index in [-0.39, 0.29) is 5.82 Å². The molecule has 0 fully saturated rings. The molecule has 7 nitrogen and oxygen atoms in total. The molecule has 0 aliphatic heterocycles. The first-order valence-corrected chi connectivity index (χ1v) is 8.97. The van der Waals surface area contributed by atoms with E-state index in [2.05, 4.69) is 30.8 Å². The normalized spacial score (nSPS) is 11.6. The van der Waals surface area contributed by atoms with E-state index < -0.39 is 0 Å². The lowest BCUT2D eigenvalue weighted by Crippen LogP contribution is -2.38. The van der Waals surface area contributed by atoms with Gasteiger partial charge < -0.3 is 15.1 Å². The molecule has 3 aromatic rings. The van der Waals surface area contributed by atoms with Gasteiger partial charge >= 0.3 is 0 Å². The zero-order chi connectivity index (χ0) is 18.9. The van der Waals surface area contributed by atoms with Gasteiger partial charge in [0.25, 0.3) is 0 Å². The maximum atomic E-state index is 13.7. The highest BCUT2D eigenvalue weighted by atomic mass is 19.1. The van der Waals surface area contributed by atoms with Crippen molar-refractivity contribution in [2.45, 2.75) is 19.8 Å². The molecule has 0 saturated carbocycles. The van der Waals surface area contributed by atoms with Crippen LogP contribution in [0.5, 0.6) is 0 Å². The molecule has 3 rings (SSSR count).